The van der Waals surface area contributed by atoms with Gasteiger partial charge in [0.1, 0.15) is 5.75 Å². The van der Waals surface area contributed by atoms with Gasteiger partial charge >= 0.3 is 0 Å². The van der Waals surface area contributed by atoms with E-state index in [0.29, 0.717) is 17.7 Å². The standard InChI is InChI=1S/C23H21N3O2/c1-15-12-16(2)26-22(18-8-10-20(28-3)11-9-18)21(15)14-25-23(27)19-6-4-17(13-24)5-7-19/h4-12H,14H2,1-3H3,(H,25,27). The van der Waals surface area contributed by atoms with E-state index in [0.717, 1.165) is 33.8 Å². The van der Waals surface area contributed by atoms with Gasteiger partial charge in [-0.25, -0.2) is 0 Å². The summed E-state index contributed by atoms with van der Waals surface area (Å²) in [5.41, 5.74) is 5.82. The van der Waals surface area contributed by atoms with Crippen LogP contribution in [0.3, 0.4) is 0 Å². The lowest BCUT2D eigenvalue weighted by Crippen LogP contribution is -2.24. The molecular weight excluding hydrogens is 350 g/mol. The van der Waals surface area contributed by atoms with Gasteiger partial charge in [-0.2, -0.15) is 5.26 Å². The molecular formula is C23H21N3O2. The molecule has 0 aliphatic rings. The summed E-state index contributed by atoms with van der Waals surface area (Å²) in [4.78, 5) is 17.2. The third-order valence-corrected chi connectivity index (χ3v) is 4.54. The Morgan fingerprint density at radius 1 is 1.11 bits per heavy atom. The van der Waals surface area contributed by atoms with Crippen LogP contribution in [0.1, 0.15) is 32.7 Å². The number of amides is 1. The Morgan fingerprint density at radius 2 is 1.79 bits per heavy atom. The van der Waals surface area contributed by atoms with Crippen LogP contribution in [0, 0.1) is 25.2 Å². The number of hydrogen-bond acceptors (Lipinski definition) is 4. The van der Waals surface area contributed by atoms with E-state index in [-0.39, 0.29) is 5.91 Å². The minimum Gasteiger partial charge on any atom is -0.497 e. The molecule has 1 amide bonds. The fourth-order valence-corrected chi connectivity index (χ4v) is 3.04. The second-order valence-electron chi connectivity index (χ2n) is 6.51. The van der Waals surface area contributed by atoms with Crippen molar-refractivity contribution in [3.05, 3.63) is 82.5 Å². The number of nitrogens with zero attached hydrogens (tertiary/aromatic N) is 2. The van der Waals surface area contributed by atoms with Crippen molar-refractivity contribution in [1.82, 2.24) is 10.3 Å². The summed E-state index contributed by atoms with van der Waals surface area (Å²) in [5.74, 6) is 0.592. The Bertz CT molecular complexity index is 1030. The zero-order valence-electron chi connectivity index (χ0n) is 16.1. The first-order valence-electron chi connectivity index (χ1n) is 8.91. The van der Waals surface area contributed by atoms with Gasteiger partial charge in [0, 0.05) is 28.9 Å². The van der Waals surface area contributed by atoms with Crippen LogP contribution in [-0.2, 0) is 6.54 Å². The zero-order valence-corrected chi connectivity index (χ0v) is 16.1. The van der Waals surface area contributed by atoms with Crippen molar-refractivity contribution in [2.24, 2.45) is 0 Å². The van der Waals surface area contributed by atoms with Crippen molar-refractivity contribution in [3.63, 3.8) is 0 Å². The van der Waals surface area contributed by atoms with Crippen LogP contribution in [0.2, 0.25) is 0 Å². The van der Waals surface area contributed by atoms with Crippen LogP contribution >= 0.6 is 0 Å². The number of nitriles is 1. The van der Waals surface area contributed by atoms with Crippen LogP contribution in [0.15, 0.2) is 54.6 Å². The molecule has 0 radical (unpaired) electrons. The Kier molecular flexibility index (Phi) is 5.71. The minimum absolute atomic E-state index is 0.190. The molecule has 1 N–H and O–H groups in total. The highest BCUT2D eigenvalue weighted by atomic mass is 16.5. The molecule has 0 atom stereocenters. The Balaban J connectivity index is 1.86. The van der Waals surface area contributed by atoms with Gasteiger partial charge in [0.15, 0.2) is 0 Å². The predicted molar refractivity (Wildman–Crippen MR) is 108 cm³/mol. The van der Waals surface area contributed by atoms with E-state index in [2.05, 4.69) is 5.32 Å². The number of ether oxygens (including phenoxy) is 1. The van der Waals surface area contributed by atoms with Crippen LogP contribution in [0.5, 0.6) is 5.75 Å². The van der Waals surface area contributed by atoms with Gasteiger partial charge in [-0.1, -0.05) is 0 Å². The third-order valence-electron chi connectivity index (χ3n) is 4.54. The summed E-state index contributed by atoms with van der Waals surface area (Å²) >= 11 is 0. The maximum absolute atomic E-state index is 12.5. The minimum atomic E-state index is -0.190. The summed E-state index contributed by atoms with van der Waals surface area (Å²) in [6.45, 7) is 4.34. The smallest absolute Gasteiger partial charge is 0.251 e. The normalized spacial score (nSPS) is 10.2. The average Bonchev–Trinajstić information content (AvgIpc) is 2.72. The number of carbonyl (C=O) groups excluding carboxylic acids is 1. The monoisotopic (exact) mass is 371 g/mol. The van der Waals surface area contributed by atoms with Crippen LogP contribution in [0.25, 0.3) is 11.3 Å². The molecule has 0 bridgehead atoms. The summed E-state index contributed by atoms with van der Waals surface area (Å²) in [5, 5.41) is 11.8. The number of carbonyl (C=O) groups is 1. The molecule has 3 aromatic rings. The quantitative estimate of drug-likeness (QED) is 0.730. The highest BCUT2D eigenvalue weighted by Gasteiger charge is 2.13. The van der Waals surface area contributed by atoms with E-state index in [9.17, 15) is 4.79 Å². The third kappa shape index (κ3) is 4.18. The lowest BCUT2D eigenvalue weighted by atomic mass is 10.0. The molecule has 1 aromatic heterocycles. The first-order chi connectivity index (χ1) is 13.5. The molecule has 5 nitrogen and oxygen atoms in total. The van der Waals surface area contributed by atoms with Crippen molar-refractivity contribution < 1.29 is 9.53 Å². The summed E-state index contributed by atoms with van der Waals surface area (Å²) < 4.78 is 5.23. The lowest BCUT2D eigenvalue weighted by molar-refractivity contribution is 0.0951. The second kappa shape index (κ2) is 8.36. The highest BCUT2D eigenvalue weighted by molar-refractivity contribution is 5.94. The molecule has 0 spiro atoms. The number of benzene rings is 2. The van der Waals surface area contributed by atoms with Gasteiger partial charge in [0.25, 0.3) is 5.91 Å². The first-order valence-corrected chi connectivity index (χ1v) is 8.91. The second-order valence-corrected chi connectivity index (χ2v) is 6.51. The van der Waals surface area contributed by atoms with E-state index in [1.807, 2.05) is 50.2 Å². The van der Waals surface area contributed by atoms with Gasteiger partial charge in [-0.15, -0.1) is 0 Å². The summed E-state index contributed by atoms with van der Waals surface area (Å²) in [7, 11) is 1.63. The summed E-state index contributed by atoms with van der Waals surface area (Å²) in [6.07, 6.45) is 0. The van der Waals surface area contributed by atoms with Gasteiger partial charge in [0.05, 0.1) is 24.4 Å². The van der Waals surface area contributed by atoms with Crippen LogP contribution in [-0.4, -0.2) is 18.0 Å². The number of nitrogens with one attached hydrogen (secondary N) is 1. The SMILES string of the molecule is COc1ccc(-c2nc(C)cc(C)c2CNC(=O)c2ccc(C#N)cc2)cc1. The maximum Gasteiger partial charge on any atom is 0.251 e. The molecule has 0 fully saturated rings. The molecule has 140 valence electrons. The number of methoxy groups -OCH3 is 1. The van der Waals surface area contributed by atoms with E-state index in [1.54, 1.807) is 31.4 Å². The number of hydrogen-bond donors (Lipinski definition) is 1. The molecule has 1 heterocycles. The molecule has 0 saturated carbocycles. The lowest BCUT2D eigenvalue weighted by Gasteiger charge is -2.15. The largest absolute Gasteiger partial charge is 0.497 e. The number of aryl methyl sites for hydroxylation is 2. The fraction of sp³-hybridized carbons (Fsp3) is 0.174. The Hall–Kier alpha value is -3.65. The van der Waals surface area contributed by atoms with Crippen LogP contribution < -0.4 is 10.1 Å². The van der Waals surface area contributed by atoms with Crippen molar-refractivity contribution in [3.8, 4) is 23.1 Å². The molecule has 28 heavy (non-hydrogen) atoms. The van der Waals surface area contributed by atoms with Crippen molar-refractivity contribution in [2.75, 3.05) is 7.11 Å². The fourth-order valence-electron chi connectivity index (χ4n) is 3.04. The molecule has 5 heteroatoms. The van der Waals surface area contributed by atoms with Crippen molar-refractivity contribution in [2.45, 2.75) is 20.4 Å². The summed E-state index contributed by atoms with van der Waals surface area (Å²) in [6, 6.07) is 18.4. The predicted octanol–water partition coefficient (Wildman–Crippen LogP) is 4.18. The molecule has 0 aliphatic carbocycles. The molecule has 3 rings (SSSR count). The number of pyridine rings is 1. The molecule has 2 aromatic carbocycles. The van der Waals surface area contributed by atoms with Crippen molar-refractivity contribution >= 4 is 5.91 Å². The van der Waals surface area contributed by atoms with E-state index in [4.69, 9.17) is 15.0 Å². The molecule has 0 unspecified atom stereocenters. The molecule has 0 saturated heterocycles. The Labute approximate surface area is 164 Å². The van der Waals surface area contributed by atoms with E-state index >= 15 is 0 Å². The number of rotatable bonds is 5. The van der Waals surface area contributed by atoms with Gasteiger partial charge in [0.2, 0.25) is 0 Å². The topological polar surface area (TPSA) is 75.0 Å². The van der Waals surface area contributed by atoms with Gasteiger partial charge < -0.3 is 10.1 Å². The van der Waals surface area contributed by atoms with Gasteiger partial charge in [-0.3, -0.25) is 9.78 Å². The molecule has 0 aliphatic heterocycles. The highest BCUT2D eigenvalue weighted by Crippen LogP contribution is 2.27. The maximum atomic E-state index is 12.5. The van der Waals surface area contributed by atoms with E-state index in [1.165, 1.54) is 0 Å². The van der Waals surface area contributed by atoms with E-state index < -0.39 is 0 Å². The van der Waals surface area contributed by atoms with Crippen molar-refractivity contribution in [1.29, 1.82) is 5.26 Å². The zero-order chi connectivity index (χ0) is 20.1. The number of aromatic nitrogens is 1. The van der Waals surface area contributed by atoms with Gasteiger partial charge in [-0.05, 0) is 74.0 Å². The first kappa shape index (κ1) is 19.1. The van der Waals surface area contributed by atoms with Crippen LogP contribution in [0.4, 0.5) is 0 Å². The Morgan fingerprint density at radius 3 is 2.39 bits per heavy atom. The average molecular weight is 371 g/mol.